The van der Waals surface area contributed by atoms with Crippen LogP contribution in [0.3, 0.4) is 0 Å². The average Bonchev–Trinajstić information content (AvgIpc) is 2.86. The molecule has 1 atom stereocenters. The maximum atomic E-state index is 12.1. The molecule has 4 nitrogen and oxygen atoms in total. The Morgan fingerprint density at radius 1 is 1.40 bits per heavy atom. The summed E-state index contributed by atoms with van der Waals surface area (Å²) in [5.41, 5.74) is 3.80. The second-order valence-electron chi connectivity index (χ2n) is 5.28. The number of aliphatic hydroxyl groups is 1. The molecule has 1 heterocycles. The van der Waals surface area contributed by atoms with E-state index >= 15 is 0 Å². The van der Waals surface area contributed by atoms with E-state index in [4.69, 9.17) is 5.11 Å². The lowest BCUT2D eigenvalue weighted by Gasteiger charge is -2.13. The Kier molecular flexibility index (Phi) is 3.40. The number of aliphatic hydroxyl groups excluding tert-OH is 1. The highest BCUT2D eigenvalue weighted by Crippen LogP contribution is 2.36. The van der Waals surface area contributed by atoms with Gasteiger partial charge in [-0.15, -0.1) is 0 Å². The van der Waals surface area contributed by atoms with Crippen molar-refractivity contribution >= 4 is 0 Å². The van der Waals surface area contributed by atoms with Gasteiger partial charge < -0.3 is 10.1 Å². The minimum atomic E-state index is -0.120. The Labute approximate surface area is 117 Å². The lowest BCUT2D eigenvalue weighted by molar-refractivity contribution is 0.298. The molecular formula is C16H18N2O2. The van der Waals surface area contributed by atoms with Crippen LogP contribution in [-0.4, -0.2) is 21.7 Å². The van der Waals surface area contributed by atoms with Crippen LogP contribution in [0.5, 0.6) is 0 Å². The van der Waals surface area contributed by atoms with Gasteiger partial charge in [-0.3, -0.25) is 4.79 Å². The molecule has 0 aliphatic heterocycles. The molecule has 2 aromatic rings. The molecule has 0 saturated carbocycles. The summed E-state index contributed by atoms with van der Waals surface area (Å²) in [7, 11) is 0. The van der Waals surface area contributed by atoms with Crippen LogP contribution in [0, 0.1) is 6.92 Å². The largest absolute Gasteiger partial charge is 0.396 e. The van der Waals surface area contributed by atoms with Gasteiger partial charge in [-0.05, 0) is 30.9 Å². The molecule has 2 N–H and O–H groups in total. The Balaban J connectivity index is 2.03. The lowest BCUT2D eigenvalue weighted by Crippen LogP contribution is -2.21. The first-order valence-corrected chi connectivity index (χ1v) is 6.99. The van der Waals surface area contributed by atoms with Gasteiger partial charge in [0.2, 0.25) is 0 Å². The second kappa shape index (κ2) is 5.21. The van der Waals surface area contributed by atoms with Crippen LogP contribution in [0.2, 0.25) is 0 Å². The first-order chi connectivity index (χ1) is 9.70. The number of hydrogen-bond acceptors (Lipinski definition) is 3. The van der Waals surface area contributed by atoms with Gasteiger partial charge in [-0.2, -0.15) is 0 Å². The van der Waals surface area contributed by atoms with E-state index in [2.05, 4.69) is 22.1 Å². The normalized spacial score (nSPS) is 17.2. The summed E-state index contributed by atoms with van der Waals surface area (Å²) in [5, 5.41) is 9.00. The van der Waals surface area contributed by atoms with Gasteiger partial charge in [0.15, 0.2) is 0 Å². The smallest absolute Gasteiger partial charge is 0.254 e. The molecule has 0 saturated heterocycles. The predicted molar refractivity (Wildman–Crippen MR) is 77.0 cm³/mol. The monoisotopic (exact) mass is 270 g/mol. The molecule has 0 radical (unpaired) electrons. The van der Waals surface area contributed by atoms with Crippen LogP contribution in [0.15, 0.2) is 29.1 Å². The van der Waals surface area contributed by atoms with Crippen LogP contribution in [0.1, 0.15) is 40.5 Å². The fraction of sp³-hybridized carbons (Fsp3) is 0.375. The predicted octanol–water partition coefficient (Wildman–Crippen LogP) is 1.69. The number of hydrogen-bond donors (Lipinski definition) is 2. The summed E-state index contributed by atoms with van der Waals surface area (Å²) in [6, 6.07) is 8.33. The van der Waals surface area contributed by atoms with Crippen molar-refractivity contribution < 1.29 is 5.11 Å². The van der Waals surface area contributed by atoms with Gasteiger partial charge in [0.05, 0.1) is 0 Å². The van der Waals surface area contributed by atoms with E-state index in [1.165, 1.54) is 11.1 Å². The molecule has 1 aliphatic carbocycles. The standard InChI is InChI=1S/C16H18N2O2/c1-10-12(8-9-19)16(20)18-15(17-10)14-7-6-11-4-2-3-5-13(11)14/h2-5,14,19H,6-9H2,1H3,(H,17,18,20). The van der Waals surface area contributed by atoms with E-state index in [1.54, 1.807) is 0 Å². The quantitative estimate of drug-likeness (QED) is 0.892. The van der Waals surface area contributed by atoms with Gasteiger partial charge in [0, 0.05) is 30.2 Å². The minimum absolute atomic E-state index is 0.0305. The maximum absolute atomic E-state index is 12.1. The maximum Gasteiger partial charge on any atom is 0.254 e. The van der Waals surface area contributed by atoms with E-state index < -0.39 is 0 Å². The summed E-state index contributed by atoms with van der Waals surface area (Å²) in [4.78, 5) is 19.6. The highest BCUT2D eigenvalue weighted by atomic mass is 16.3. The third kappa shape index (κ3) is 2.16. The van der Waals surface area contributed by atoms with Gasteiger partial charge in [-0.25, -0.2) is 4.98 Å². The van der Waals surface area contributed by atoms with Gasteiger partial charge in [0.1, 0.15) is 5.82 Å². The summed E-state index contributed by atoms with van der Waals surface area (Å²) < 4.78 is 0. The number of aromatic amines is 1. The van der Waals surface area contributed by atoms with Crippen LogP contribution in [0.4, 0.5) is 0 Å². The Bertz CT molecular complexity index is 691. The minimum Gasteiger partial charge on any atom is -0.396 e. The topological polar surface area (TPSA) is 66.0 Å². The summed E-state index contributed by atoms with van der Waals surface area (Å²) in [5.74, 6) is 0.930. The third-order valence-corrected chi connectivity index (χ3v) is 4.07. The van der Waals surface area contributed by atoms with E-state index in [0.717, 1.165) is 24.4 Å². The average molecular weight is 270 g/mol. The van der Waals surface area contributed by atoms with Crippen molar-refractivity contribution in [3.63, 3.8) is 0 Å². The van der Waals surface area contributed by atoms with Gasteiger partial charge >= 0.3 is 0 Å². The molecule has 1 aromatic carbocycles. The van der Waals surface area contributed by atoms with Gasteiger partial charge in [0.25, 0.3) is 5.56 Å². The molecule has 1 aromatic heterocycles. The lowest BCUT2D eigenvalue weighted by atomic mass is 10.00. The van der Waals surface area contributed by atoms with Crippen molar-refractivity contribution in [2.75, 3.05) is 6.61 Å². The van der Waals surface area contributed by atoms with Crippen molar-refractivity contribution in [2.24, 2.45) is 0 Å². The Morgan fingerprint density at radius 2 is 2.20 bits per heavy atom. The fourth-order valence-corrected chi connectivity index (χ4v) is 3.04. The number of rotatable bonds is 3. The van der Waals surface area contributed by atoms with Crippen LogP contribution in [0.25, 0.3) is 0 Å². The van der Waals surface area contributed by atoms with Crippen molar-refractivity contribution in [1.29, 1.82) is 0 Å². The molecular weight excluding hydrogens is 252 g/mol. The molecule has 0 amide bonds. The van der Waals surface area contributed by atoms with E-state index in [0.29, 0.717) is 12.0 Å². The Morgan fingerprint density at radius 3 is 2.95 bits per heavy atom. The van der Waals surface area contributed by atoms with E-state index in [1.807, 2.05) is 19.1 Å². The molecule has 104 valence electrons. The summed E-state index contributed by atoms with van der Waals surface area (Å²) in [6.45, 7) is 1.81. The zero-order valence-electron chi connectivity index (χ0n) is 11.5. The number of benzene rings is 1. The van der Waals surface area contributed by atoms with Crippen LogP contribution < -0.4 is 5.56 Å². The molecule has 20 heavy (non-hydrogen) atoms. The van der Waals surface area contributed by atoms with Crippen molar-refractivity contribution in [2.45, 2.75) is 32.1 Å². The number of aryl methyl sites for hydroxylation is 2. The number of fused-ring (bicyclic) bond motifs is 1. The fourth-order valence-electron chi connectivity index (χ4n) is 3.04. The zero-order valence-corrected chi connectivity index (χ0v) is 11.5. The summed E-state index contributed by atoms with van der Waals surface area (Å²) >= 11 is 0. The van der Waals surface area contributed by atoms with E-state index in [-0.39, 0.29) is 18.1 Å². The number of aromatic nitrogens is 2. The number of H-pyrrole nitrogens is 1. The molecule has 0 fully saturated rings. The van der Waals surface area contributed by atoms with Crippen LogP contribution >= 0.6 is 0 Å². The number of nitrogens with zero attached hydrogens (tertiary/aromatic N) is 1. The Hall–Kier alpha value is -1.94. The van der Waals surface area contributed by atoms with E-state index in [9.17, 15) is 4.79 Å². The van der Waals surface area contributed by atoms with Crippen molar-refractivity contribution in [1.82, 2.24) is 9.97 Å². The van der Waals surface area contributed by atoms with Gasteiger partial charge in [-0.1, -0.05) is 24.3 Å². The molecule has 4 heteroatoms. The first kappa shape index (κ1) is 13.1. The molecule has 0 spiro atoms. The third-order valence-electron chi connectivity index (χ3n) is 4.07. The highest BCUT2D eigenvalue weighted by Gasteiger charge is 2.26. The van der Waals surface area contributed by atoms with Crippen molar-refractivity contribution in [3.8, 4) is 0 Å². The molecule has 3 rings (SSSR count). The highest BCUT2D eigenvalue weighted by molar-refractivity contribution is 5.39. The molecule has 1 unspecified atom stereocenters. The summed E-state index contributed by atoms with van der Waals surface area (Å²) in [6.07, 6.45) is 2.37. The molecule has 0 bridgehead atoms. The van der Waals surface area contributed by atoms with Crippen molar-refractivity contribution in [3.05, 3.63) is 62.8 Å². The SMILES string of the molecule is Cc1nc(C2CCc3ccccc32)[nH]c(=O)c1CCO. The number of nitrogens with one attached hydrogen (secondary N) is 1. The zero-order chi connectivity index (χ0) is 14.1. The van der Waals surface area contributed by atoms with Crippen LogP contribution in [-0.2, 0) is 12.8 Å². The molecule has 1 aliphatic rings. The second-order valence-corrected chi connectivity index (χ2v) is 5.28. The first-order valence-electron chi connectivity index (χ1n) is 6.99.